The van der Waals surface area contributed by atoms with E-state index in [0.29, 0.717) is 18.0 Å². The number of halogens is 1. The van der Waals surface area contributed by atoms with Gasteiger partial charge in [-0.15, -0.1) is 11.6 Å². The average Bonchev–Trinajstić information content (AvgIpc) is 2.56. The Labute approximate surface area is 86.2 Å². The van der Waals surface area contributed by atoms with Crippen molar-refractivity contribution < 1.29 is 4.74 Å². The molecule has 0 N–H and O–H groups in total. The van der Waals surface area contributed by atoms with Crippen LogP contribution in [0.4, 0.5) is 0 Å². The van der Waals surface area contributed by atoms with E-state index < -0.39 is 0 Å². The summed E-state index contributed by atoms with van der Waals surface area (Å²) in [5.41, 5.74) is 0. The predicted octanol–water partition coefficient (Wildman–Crippen LogP) is 2.11. The highest BCUT2D eigenvalue weighted by molar-refractivity contribution is 6.18. The third kappa shape index (κ3) is 3.84. The number of hydrogen-bond acceptors (Lipinski definition) is 2. The Morgan fingerprint density at radius 1 is 1.54 bits per heavy atom. The molecule has 0 aromatic heterocycles. The van der Waals surface area contributed by atoms with Gasteiger partial charge in [-0.1, -0.05) is 0 Å². The maximum absolute atomic E-state index is 5.74. The summed E-state index contributed by atoms with van der Waals surface area (Å²) in [6.07, 6.45) is 2.88. The number of ether oxygens (including phenoxy) is 1. The minimum atomic E-state index is 0.450. The van der Waals surface area contributed by atoms with Crippen molar-refractivity contribution in [3.8, 4) is 0 Å². The van der Waals surface area contributed by atoms with Crippen molar-refractivity contribution >= 4 is 11.6 Å². The highest BCUT2D eigenvalue weighted by Crippen LogP contribution is 2.14. The number of nitrogens with zero attached hydrogens (tertiary/aromatic N) is 1. The Morgan fingerprint density at radius 2 is 2.31 bits per heavy atom. The van der Waals surface area contributed by atoms with Crippen LogP contribution in [0.5, 0.6) is 0 Å². The standard InChI is InChI=1S/C10H20ClNO/c1-9(2)12(6-5-11)8-10-4-3-7-13-10/h9-10H,3-8H2,1-2H3. The molecule has 1 unspecified atom stereocenters. The van der Waals surface area contributed by atoms with Gasteiger partial charge in [-0.2, -0.15) is 0 Å². The lowest BCUT2D eigenvalue weighted by Crippen LogP contribution is -2.38. The molecule has 0 radical (unpaired) electrons. The van der Waals surface area contributed by atoms with Crippen LogP contribution >= 0.6 is 11.6 Å². The predicted molar refractivity (Wildman–Crippen MR) is 56.4 cm³/mol. The minimum Gasteiger partial charge on any atom is -0.377 e. The Balaban J connectivity index is 2.27. The van der Waals surface area contributed by atoms with Crippen molar-refractivity contribution in [1.82, 2.24) is 4.90 Å². The summed E-state index contributed by atoms with van der Waals surface area (Å²) in [7, 11) is 0. The Morgan fingerprint density at radius 3 is 2.77 bits per heavy atom. The van der Waals surface area contributed by atoms with Gasteiger partial charge in [0.1, 0.15) is 0 Å². The van der Waals surface area contributed by atoms with Gasteiger partial charge in [0.15, 0.2) is 0 Å². The smallest absolute Gasteiger partial charge is 0.0702 e. The largest absolute Gasteiger partial charge is 0.377 e. The molecule has 0 aromatic carbocycles. The molecule has 3 heteroatoms. The van der Waals surface area contributed by atoms with Crippen LogP contribution in [0.15, 0.2) is 0 Å². The van der Waals surface area contributed by atoms with Crippen LogP contribution in [0, 0.1) is 0 Å². The molecule has 1 aliphatic rings. The van der Waals surface area contributed by atoms with Gasteiger partial charge in [0.25, 0.3) is 0 Å². The third-order valence-electron chi connectivity index (χ3n) is 2.56. The lowest BCUT2D eigenvalue weighted by atomic mass is 10.2. The molecule has 13 heavy (non-hydrogen) atoms. The summed E-state index contributed by atoms with van der Waals surface area (Å²) in [5, 5.41) is 0. The average molecular weight is 206 g/mol. The topological polar surface area (TPSA) is 12.5 Å². The van der Waals surface area contributed by atoms with E-state index in [4.69, 9.17) is 16.3 Å². The summed E-state index contributed by atoms with van der Waals surface area (Å²) in [6.45, 7) is 7.38. The number of hydrogen-bond donors (Lipinski definition) is 0. The summed E-state index contributed by atoms with van der Waals surface area (Å²) >= 11 is 5.74. The summed E-state index contributed by atoms with van der Waals surface area (Å²) in [6, 6.07) is 0.572. The van der Waals surface area contributed by atoms with Crippen LogP contribution < -0.4 is 0 Å². The molecule has 1 heterocycles. The molecule has 1 fully saturated rings. The molecule has 1 atom stereocenters. The van der Waals surface area contributed by atoms with Gasteiger partial charge in [-0.25, -0.2) is 0 Å². The Kier molecular flexibility index (Phi) is 5.07. The Bertz CT molecular complexity index is 135. The fraction of sp³-hybridized carbons (Fsp3) is 1.00. The lowest BCUT2D eigenvalue weighted by molar-refractivity contribution is 0.0651. The highest BCUT2D eigenvalue weighted by Gasteiger charge is 2.20. The van der Waals surface area contributed by atoms with Gasteiger partial charge in [-0.05, 0) is 26.7 Å². The molecule has 0 amide bonds. The molecule has 0 aliphatic carbocycles. The normalized spacial score (nSPS) is 23.3. The van der Waals surface area contributed by atoms with Crippen LogP contribution in [-0.2, 0) is 4.74 Å². The molecule has 0 aromatic rings. The summed E-state index contributed by atoms with van der Waals surface area (Å²) in [5.74, 6) is 0.713. The van der Waals surface area contributed by atoms with Crippen molar-refractivity contribution in [1.29, 1.82) is 0 Å². The van der Waals surface area contributed by atoms with Crippen LogP contribution in [0.3, 0.4) is 0 Å². The zero-order valence-electron chi connectivity index (χ0n) is 8.63. The van der Waals surface area contributed by atoms with Gasteiger partial charge < -0.3 is 4.74 Å². The van der Waals surface area contributed by atoms with E-state index in [1.807, 2.05) is 0 Å². The monoisotopic (exact) mass is 205 g/mol. The fourth-order valence-electron chi connectivity index (χ4n) is 1.72. The lowest BCUT2D eigenvalue weighted by Gasteiger charge is -2.27. The van der Waals surface area contributed by atoms with E-state index in [9.17, 15) is 0 Å². The van der Waals surface area contributed by atoms with Gasteiger partial charge in [0.2, 0.25) is 0 Å². The molecule has 0 bridgehead atoms. The van der Waals surface area contributed by atoms with Crippen molar-refractivity contribution in [2.24, 2.45) is 0 Å². The van der Waals surface area contributed by atoms with Crippen LogP contribution in [0.1, 0.15) is 26.7 Å². The zero-order valence-corrected chi connectivity index (χ0v) is 9.39. The second-order valence-electron chi connectivity index (χ2n) is 3.91. The molecular formula is C10H20ClNO. The van der Waals surface area contributed by atoms with Crippen molar-refractivity contribution in [3.05, 3.63) is 0 Å². The first-order valence-corrected chi connectivity index (χ1v) is 5.69. The van der Waals surface area contributed by atoms with Crippen molar-refractivity contribution in [2.75, 3.05) is 25.6 Å². The molecule has 1 rings (SSSR count). The van der Waals surface area contributed by atoms with E-state index in [0.717, 1.165) is 19.7 Å². The molecule has 78 valence electrons. The third-order valence-corrected chi connectivity index (χ3v) is 2.73. The zero-order chi connectivity index (χ0) is 9.68. The highest BCUT2D eigenvalue weighted by atomic mass is 35.5. The molecule has 0 spiro atoms. The first-order chi connectivity index (χ1) is 6.24. The van der Waals surface area contributed by atoms with Crippen LogP contribution in [0.25, 0.3) is 0 Å². The molecule has 0 saturated carbocycles. The second kappa shape index (κ2) is 5.84. The van der Waals surface area contributed by atoms with Crippen LogP contribution in [-0.4, -0.2) is 42.6 Å². The van der Waals surface area contributed by atoms with Gasteiger partial charge in [0.05, 0.1) is 6.10 Å². The van der Waals surface area contributed by atoms with E-state index in [2.05, 4.69) is 18.7 Å². The summed E-state index contributed by atoms with van der Waals surface area (Å²) < 4.78 is 5.60. The van der Waals surface area contributed by atoms with Crippen LogP contribution in [0.2, 0.25) is 0 Å². The number of rotatable bonds is 5. The molecule has 2 nitrogen and oxygen atoms in total. The molecular weight excluding hydrogens is 186 g/mol. The van der Waals surface area contributed by atoms with Crippen molar-refractivity contribution in [3.63, 3.8) is 0 Å². The maximum Gasteiger partial charge on any atom is 0.0702 e. The van der Waals surface area contributed by atoms with E-state index in [-0.39, 0.29) is 0 Å². The SMILES string of the molecule is CC(C)N(CCCl)CC1CCCO1. The van der Waals surface area contributed by atoms with E-state index in [1.54, 1.807) is 0 Å². The number of alkyl halides is 1. The van der Waals surface area contributed by atoms with Gasteiger partial charge >= 0.3 is 0 Å². The molecule has 1 aliphatic heterocycles. The first kappa shape index (κ1) is 11.3. The fourth-order valence-corrected chi connectivity index (χ4v) is 1.94. The molecule has 1 saturated heterocycles. The first-order valence-electron chi connectivity index (χ1n) is 5.15. The minimum absolute atomic E-state index is 0.450. The van der Waals surface area contributed by atoms with Crippen molar-refractivity contribution in [2.45, 2.75) is 38.8 Å². The Hall–Kier alpha value is 0.210. The van der Waals surface area contributed by atoms with E-state index in [1.165, 1.54) is 12.8 Å². The summed E-state index contributed by atoms with van der Waals surface area (Å²) in [4.78, 5) is 2.39. The van der Waals surface area contributed by atoms with Gasteiger partial charge in [0, 0.05) is 31.6 Å². The maximum atomic E-state index is 5.74. The van der Waals surface area contributed by atoms with E-state index >= 15 is 0 Å². The van der Waals surface area contributed by atoms with Gasteiger partial charge in [-0.3, -0.25) is 4.90 Å². The quantitative estimate of drug-likeness (QED) is 0.638. The second-order valence-corrected chi connectivity index (χ2v) is 4.29.